The Hall–Kier alpha value is -1.06. The van der Waals surface area contributed by atoms with Gasteiger partial charge in [-0.3, -0.25) is 9.59 Å². The topological polar surface area (TPSA) is 52.6 Å². The Morgan fingerprint density at radius 1 is 0.469 bits per heavy atom. The molecule has 2 atom stereocenters. The smallest absolute Gasteiger partial charge is 0.306 e. The van der Waals surface area contributed by atoms with Crippen LogP contribution in [-0.4, -0.2) is 24.1 Å². The highest BCUT2D eigenvalue weighted by Crippen LogP contribution is 2.15. The van der Waals surface area contributed by atoms with Crippen LogP contribution in [0.25, 0.3) is 0 Å². The van der Waals surface area contributed by atoms with Crippen molar-refractivity contribution in [3.63, 3.8) is 0 Å². The molecule has 0 aromatic carbocycles. The van der Waals surface area contributed by atoms with Crippen molar-refractivity contribution in [3.8, 4) is 0 Å². The van der Waals surface area contributed by atoms with Crippen molar-refractivity contribution < 1.29 is 19.1 Å². The van der Waals surface area contributed by atoms with E-state index in [0.29, 0.717) is 12.8 Å². The molecule has 0 radical (unpaired) electrons. The second-order valence-electron chi connectivity index (χ2n) is 9.57. The number of esters is 2. The first kappa shape index (κ1) is 30.9. The first-order chi connectivity index (χ1) is 15.5. The molecule has 0 aliphatic carbocycles. The molecule has 0 N–H and O–H groups in total. The van der Waals surface area contributed by atoms with Gasteiger partial charge in [-0.15, -0.1) is 0 Å². The molecule has 0 amide bonds. The van der Waals surface area contributed by atoms with E-state index in [1.807, 2.05) is 27.7 Å². The zero-order valence-corrected chi connectivity index (χ0v) is 21.9. The highest BCUT2D eigenvalue weighted by Gasteiger charge is 2.07. The molecule has 0 saturated carbocycles. The van der Waals surface area contributed by atoms with E-state index in [-0.39, 0.29) is 24.1 Å². The summed E-state index contributed by atoms with van der Waals surface area (Å²) in [6, 6.07) is 0. The molecule has 0 rings (SSSR count). The van der Waals surface area contributed by atoms with Gasteiger partial charge in [0.05, 0.1) is 12.2 Å². The normalized spacial score (nSPS) is 13.0. The number of hydrogen-bond donors (Lipinski definition) is 0. The van der Waals surface area contributed by atoms with Crippen LogP contribution >= 0.6 is 0 Å². The van der Waals surface area contributed by atoms with Gasteiger partial charge in [0.15, 0.2) is 0 Å². The minimum atomic E-state index is -0.0292. The van der Waals surface area contributed by atoms with Gasteiger partial charge in [0.2, 0.25) is 0 Å². The number of hydrogen-bond acceptors (Lipinski definition) is 4. The van der Waals surface area contributed by atoms with Crippen molar-refractivity contribution in [1.29, 1.82) is 0 Å². The Morgan fingerprint density at radius 3 is 0.906 bits per heavy atom. The third kappa shape index (κ3) is 22.1. The summed E-state index contributed by atoms with van der Waals surface area (Å²) in [5, 5.41) is 0. The van der Waals surface area contributed by atoms with Crippen LogP contribution in [0, 0.1) is 0 Å². The van der Waals surface area contributed by atoms with Crippen LogP contribution in [0.5, 0.6) is 0 Å². The average molecular weight is 455 g/mol. The number of carbonyl (C=O) groups excluding carboxylic acids is 2. The zero-order valence-electron chi connectivity index (χ0n) is 21.9. The summed E-state index contributed by atoms with van der Waals surface area (Å²) in [5.74, 6) is -0.0585. The predicted octanol–water partition coefficient (Wildman–Crippen LogP) is 8.69. The number of unbranched alkanes of at least 4 members (excludes halogenated alkanes) is 15. The maximum absolute atomic E-state index is 11.6. The van der Waals surface area contributed by atoms with Gasteiger partial charge in [0.25, 0.3) is 0 Å². The molecule has 2 unspecified atom stereocenters. The highest BCUT2D eigenvalue weighted by molar-refractivity contribution is 5.69. The van der Waals surface area contributed by atoms with Gasteiger partial charge in [-0.05, 0) is 39.5 Å². The molecule has 32 heavy (non-hydrogen) atoms. The molecule has 0 spiro atoms. The molecule has 190 valence electrons. The Labute approximate surface area is 199 Å². The van der Waals surface area contributed by atoms with Gasteiger partial charge in [-0.2, -0.15) is 0 Å². The maximum atomic E-state index is 11.6. The molecule has 0 saturated heterocycles. The third-order valence-electron chi connectivity index (χ3n) is 6.33. The fourth-order valence-corrected chi connectivity index (χ4v) is 3.75. The fraction of sp³-hybridized carbons (Fsp3) is 0.929. The van der Waals surface area contributed by atoms with E-state index in [4.69, 9.17) is 9.47 Å². The molecule has 0 aliphatic rings. The van der Waals surface area contributed by atoms with Crippen LogP contribution in [0.15, 0.2) is 0 Å². The molecule has 0 heterocycles. The van der Waals surface area contributed by atoms with Crippen LogP contribution in [-0.2, 0) is 19.1 Å². The van der Waals surface area contributed by atoms with Crippen LogP contribution in [0.4, 0.5) is 0 Å². The van der Waals surface area contributed by atoms with Crippen molar-refractivity contribution in [2.45, 2.75) is 168 Å². The summed E-state index contributed by atoms with van der Waals surface area (Å²) >= 11 is 0. The predicted molar refractivity (Wildman–Crippen MR) is 135 cm³/mol. The molecular weight excluding hydrogens is 400 g/mol. The molecule has 0 aromatic rings. The van der Waals surface area contributed by atoms with E-state index in [1.165, 1.54) is 77.0 Å². The Kier molecular flexibility index (Phi) is 22.3. The van der Waals surface area contributed by atoms with Crippen molar-refractivity contribution in [1.82, 2.24) is 0 Å². The lowest BCUT2D eigenvalue weighted by molar-refractivity contribution is -0.149. The summed E-state index contributed by atoms with van der Waals surface area (Å²) in [5.41, 5.74) is 0. The minimum absolute atomic E-state index is 0.0292. The molecule has 4 nitrogen and oxygen atoms in total. The summed E-state index contributed by atoms with van der Waals surface area (Å²) < 4.78 is 10.6. The summed E-state index contributed by atoms with van der Waals surface area (Å²) in [6.07, 6.45) is 23.3. The Bertz CT molecular complexity index is 395. The van der Waals surface area contributed by atoms with Crippen molar-refractivity contribution >= 4 is 11.9 Å². The molecule has 0 aliphatic heterocycles. The molecule has 0 fully saturated rings. The van der Waals surface area contributed by atoms with Crippen LogP contribution in [0.3, 0.4) is 0 Å². The van der Waals surface area contributed by atoms with Crippen LogP contribution in [0.1, 0.15) is 156 Å². The van der Waals surface area contributed by atoms with Gasteiger partial charge in [0, 0.05) is 12.8 Å². The van der Waals surface area contributed by atoms with Crippen LogP contribution < -0.4 is 0 Å². The van der Waals surface area contributed by atoms with Crippen molar-refractivity contribution in [3.05, 3.63) is 0 Å². The summed E-state index contributed by atoms with van der Waals surface area (Å²) in [4.78, 5) is 23.2. The monoisotopic (exact) mass is 454 g/mol. The van der Waals surface area contributed by atoms with E-state index in [9.17, 15) is 9.59 Å². The standard InChI is InChI=1S/C28H54O4/c1-5-25(3)31-27(29)23-21-19-17-15-13-11-9-7-8-10-12-14-16-18-20-22-24-28(30)32-26(4)6-2/h25-26H,5-24H2,1-4H3. The maximum Gasteiger partial charge on any atom is 0.306 e. The fourth-order valence-electron chi connectivity index (χ4n) is 3.75. The van der Waals surface area contributed by atoms with Gasteiger partial charge >= 0.3 is 11.9 Å². The second kappa shape index (κ2) is 23.1. The van der Waals surface area contributed by atoms with E-state index in [2.05, 4.69) is 0 Å². The second-order valence-corrected chi connectivity index (χ2v) is 9.57. The lowest BCUT2D eigenvalue weighted by Crippen LogP contribution is -2.13. The minimum Gasteiger partial charge on any atom is -0.463 e. The first-order valence-electron chi connectivity index (χ1n) is 13.9. The van der Waals surface area contributed by atoms with Crippen LogP contribution in [0.2, 0.25) is 0 Å². The van der Waals surface area contributed by atoms with E-state index in [0.717, 1.165) is 38.5 Å². The average Bonchev–Trinajstić information content (AvgIpc) is 2.77. The summed E-state index contributed by atoms with van der Waals surface area (Å²) in [6.45, 7) is 7.99. The SMILES string of the molecule is CCC(C)OC(=O)CCCCCCCCCCCCCCCCCCC(=O)OC(C)CC. The van der Waals surface area contributed by atoms with Crippen molar-refractivity contribution in [2.75, 3.05) is 0 Å². The van der Waals surface area contributed by atoms with E-state index in [1.54, 1.807) is 0 Å². The van der Waals surface area contributed by atoms with Crippen molar-refractivity contribution in [2.24, 2.45) is 0 Å². The molecular formula is C28H54O4. The molecule has 0 aromatic heterocycles. The Balaban J connectivity index is 3.19. The molecule has 4 heteroatoms. The third-order valence-corrected chi connectivity index (χ3v) is 6.33. The van der Waals surface area contributed by atoms with E-state index >= 15 is 0 Å². The van der Waals surface area contributed by atoms with Gasteiger partial charge < -0.3 is 9.47 Å². The van der Waals surface area contributed by atoms with Gasteiger partial charge in [-0.25, -0.2) is 0 Å². The number of rotatable bonds is 23. The highest BCUT2D eigenvalue weighted by atomic mass is 16.5. The molecule has 0 bridgehead atoms. The Morgan fingerprint density at radius 2 is 0.688 bits per heavy atom. The first-order valence-corrected chi connectivity index (χ1v) is 13.9. The summed E-state index contributed by atoms with van der Waals surface area (Å²) in [7, 11) is 0. The lowest BCUT2D eigenvalue weighted by Gasteiger charge is -2.10. The quantitative estimate of drug-likeness (QED) is 0.114. The zero-order chi connectivity index (χ0) is 23.9. The lowest BCUT2D eigenvalue weighted by atomic mass is 10.0. The van der Waals surface area contributed by atoms with E-state index < -0.39 is 0 Å². The number of carbonyl (C=O) groups is 2. The number of ether oxygens (including phenoxy) is 2. The van der Waals surface area contributed by atoms with Gasteiger partial charge in [-0.1, -0.05) is 104 Å². The largest absolute Gasteiger partial charge is 0.463 e. The van der Waals surface area contributed by atoms with Gasteiger partial charge in [0.1, 0.15) is 0 Å².